The highest BCUT2D eigenvalue weighted by molar-refractivity contribution is 6.01. The maximum absolute atomic E-state index is 12.5. The Bertz CT molecular complexity index is 994. The lowest BCUT2D eigenvalue weighted by atomic mass is 9.93. The molecule has 1 unspecified atom stereocenters. The number of nitrogens with zero attached hydrogens (tertiary/aromatic N) is 2. The molecule has 8 nitrogen and oxygen atoms in total. The number of primary amides is 1. The van der Waals surface area contributed by atoms with E-state index in [1.807, 2.05) is 11.0 Å². The molecule has 1 aliphatic carbocycles. The van der Waals surface area contributed by atoms with Crippen LogP contribution >= 0.6 is 0 Å². The van der Waals surface area contributed by atoms with Crippen molar-refractivity contribution in [1.82, 2.24) is 9.88 Å². The van der Waals surface area contributed by atoms with Crippen molar-refractivity contribution in [1.29, 1.82) is 0 Å². The Morgan fingerprint density at radius 2 is 2.00 bits per heavy atom. The van der Waals surface area contributed by atoms with Crippen molar-refractivity contribution in [3.05, 3.63) is 30.0 Å². The largest absolute Gasteiger partial charge is 0.490 e. The fourth-order valence-corrected chi connectivity index (χ4v) is 5.04. The van der Waals surface area contributed by atoms with Crippen LogP contribution in [0.4, 0.5) is 0 Å². The fourth-order valence-electron chi connectivity index (χ4n) is 5.04. The highest BCUT2D eigenvalue weighted by Gasteiger charge is 2.44. The molecule has 3 atom stereocenters. The summed E-state index contributed by atoms with van der Waals surface area (Å²) in [7, 11) is 0. The van der Waals surface area contributed by atoms with Crippen molar-refractivity contribution in [3.8, 4) is 11.6 Å². The Labute approximate surface area is 174 Å². The number of hydrogen-bond acceptors (Lipinski definition) is 6. The van der Waals surface area contributed by atoms with Gasteiger partial charge < -0.3 is 24.8 Å². The van der Waals surface area contributed by atoms with Gasteiger partial charge in [0.2, 0.25) is 11.8 Å². The molecule has 1 aromatic heterocycles. The molecule has 30 heavy (non-hydrogen) atoms. The second-order valence-electron chi connectivity index (χ2n) is 8.32. The predicted octanol–water partition coefficient (Wildman–Crippen LogP) is 1.61. The first-order chi connectivity index (χ1) is 14.6. The SMILES string of the molecule is NC(=O)c1cc2ccnc3c2cc1OCCOCC(=O)N1C[C@@H]2CCC(CO3)[C@@H]2C1. The van der Waals surface area contributed by atoms with Gasteiger partial charge in [-0.15, -0.1) is 0 Å². The van der Waals surface area contributed by atoms with Crippen molar-refractivity contribution in [2.45, 2.75) is 12.8 Å². The van der Waals surface area contributed by atoms with Crippen molar-refractivity contribution in [3.63, 3.8) is 0 Å². The van der Waals surface area contributed by atoms with Crippen LogP contribution in [-0.2, 0) is 9.53 Å². The van der Waals surface area contributed by atoms with Gasteiger partial charge in [-0.05, 0) is 54.2 Å². The molecule has 2 amide bonds. The average molecular weight is 411 g/mol. The quantitative estimate of drug-likeness (QED) is 0.765. The van der Waals surface area contributed by atoms with E-state index in [1.54, 1.807) is 18.3 Å². The zero-order valence-corrected chi connectivity index (χ0v) is 16.7. The number of pyridine rings is 1. The van der Waals surface area contributed by atoms with E-state index in [-0.39, 0.29) is 25.7 Å². The molecule has 4 bridgehead atoms. The molecule has 3 heterocycles. The van der Waals surface area contributed by atoms with E-state index < -0.39 is 5.91 Å². The molecule has 0 spiro atoms. The minimum Gasteiger partial charge on any atom is -0.490 e. The lowest BCUT2D eigenvalue weighted by Gasteiger charge is -2.22. The summed E-state index contributed by atoms with van der Waals surface area (Å²) in [6, 6.07) is 5.28. The summed E-state index contributed by atoms with van der Waals surface area (Å²) in [6.45, 7) is 2.60. The monoisotopic (exact) mass is 411 g/mol. The van der Waals surface area contributed by atoms with Crippen LogP contribution in [-0.4, -0.2) is 61.2 Å². The number of rotatable bonds is 1. The van der Waals surface area contributed by atoms with Crippen LogP contribution in [0.1, 0.15) is 23.2 Å². The van der Waals surface area contributed by atoms with E-state index >= 15 is 0 Å². The fraction of sp³-hybridized carbons (Fsp3) is 0.500. The normalized spacial score (nSPS) is 26.6. The third-order valence-electron chi connectivity index (χ3n) is 6.60. The summed E-state index contributed by atoms with van der Waals surface area (Å²) >= 11 is 0. The minimum absolute atomic E-state index is 0.0161. The molecule has 2 N–H and O–H groups in total. The van der Waals surface area contributed by atoms with Gasteiger partial charge in [0, 0.05) is 24.7 Å². The van der Waals surface area contributed by atoms with Crippen molar-refractivity contribution in [2.75, 3.05) is 39.5 Å². The smallest absolute Gasteiger partial charge is 0.252 e. The van der Waals surface area contributed by atoms with E-state index in [0.29, 0.717) is 41.6 Å². The number of carbonyl (C=O) groups excluding carboxylic acids is 2. The molecular weight excluding hydrogens is 386 g/mol. The first-order valence-corrected chi connectivity index (χ1v) is 10.4. The Hall–Kier alpha value is -2.87. The predicted molar refractivity (Wildman–Crippen MR) is 108 cm³/mol. The Balaban J connectivity index is 1.49. The Morgan fingerprint density at radius 3 is 2.87 bits per heavy atom. The second kappa shape index (κ2) is 7.75. The molecule has 2 fully saturated rings. The molecule has 2 aromatic rings. The van der Waals surface area contributed by atoms with Gasteiger partial charge in [0.15, 0.2) is 0 Å². The number of fused-ring (bicyclic) bond motifs is 2. The maximum atomic E-state index is 12.5. The Kier molecular flexibility index (Phi) is 4.94. The third kappa shape index (κ3) is 3.45. The molecule has 3 aliphatic rings. The van der Waals surface area contributed by atoms with Crippen LogP contribution in [0.2, 0.25) is 0 Å². The second-order valence-corrected chi connectivity index (χ2v) is 8.32. The lowest BCUT2D eigenvalue weighted by Crippen LogP contribution is -2.34. The minimum atomic E-state index is -0.571. The van der Waals surface area contributed by atoms with Crippen LogP contribution in [0.3, 0.4) is 0 Å². The summed E-state index contributed by atoms with van der Waals surface area (Å²) in [5, 5.41) is 1.60. The zero-order chi connectivity index (χ0) is 20.7. The molecular formula is C22H25N3O5. The third-order valence-corrected chi connectivity index (χ3v) is 6.60. The van der Waals surface area contributed by atoms with E-state index in [2.05, 4.69) is 4.98 Å². The zero-order valence-electron chi connectivity index (χ0n) is 16.7. The van der Waals surface area contributed by atoms with Gasteiger partial charge in [-0.1, -0.05) is 0 Å². The first-order valence-electron chi connectivity index (χ1n) is 10.4. The highest BCUT2D eigenvalue weighted by atomic mass is 16.5. The van der Waals surface area contributed by atoms with E-state index in [1.165, 1.54) is 0 Å². The summed E-state index contributed by atoms with van der Waals surface area (Å²) < 4.78 is 17.5. The van der Waals surface area contributed by atoms with Gasteiger partial charge in [0.25, 0.3) is 5.91 Å². The van der Waals surface area contributed by atoms with Gasteiger partial charge in [0.05, 0.1) is 18.8 Å². The van der Waals surface area contributed by atoms with Crippen LogP contribution in [0.15, 0.2) is 24.4 Å². The molecule has 158 valence electrons. The summed E-state index contributed by atoms with van der Waals surface area (Å²) in [4.78, 5) is 30.8. The number of hydrogen-bond donors (Lipinski definition) is 1. The van der Waals surface area contributed by atoms with Crippen molar-refractivity contribution >= 4 is 22.6 Å². The maximum Gasteiger partial charge on any atom is 0.252 e. The van der Waals surface area contributed by atoms with E-state index in [4.69, 9.17) is 19.9 Å². The Morgan fingerprint density at radius 1 is 1.13 bits per heavy atom. The van der Waals surface area contributed by atoms with Crippen molar-refractivity contribution in [2.24, 2.45) is 23.5 Å². The number of nitrogens with two attached hydrogens (primary N) is 1. The molecule has 2 aliphatic heterocycles. The van der Waals surface area contributed by atoms with Gasteiger partial charge in [-0.2, -0.15) is 0 Å². The molecule has 0 radical (unpaired) electrons. The molecule has 1 saturated heterocycles. The standard InChI is InChI=1S/C22H25N3O5/c23-21(27)17-7-13-3-4-24-22-16(13)8-19(17)29-6-5-28-12-20(26)25-9-14-1-2-15(11-30-22)18(14)10-25/h3-4,7-8,14-15,18H,1-2,5-6,9-12H2,(H2,23,27)/t14-,15?,18+/m0/s1. The molecule has 1 aromatic carbocycles. The average Bonchev–Trinajstić information content (AvgIpc) is 3.32. The van der Waals surface area contributed by atoms with E-state index in [9.17, 15) is 9.59 Å². The molecule has 5 rings (SSSR count). The van der Waals surface area contributed by atoms with Gasteiger partial charge in [-0.25, -0.2) is 4.98 Å². The van der Waals surface area contributed by atoms with Gasteiger partial charge >= 0.3 is 0 Å². The lowest BCUT2D eigenvalue weighted by molar-refractivity contribution is -0.135. The van der Waals surface area contributed by atoms with Crippen LogP contribution < -0.4 is 15.2 Å². The number of aromatic nitrogens is 1. The van der Waals surface area contributed by atoms with Gasteiger partial charge in [0.1, 0.15) is 19.0 Å². The number of carbonyl (C=O) groups is 2. The van der Waals surface area contributed by atoms with Gasteiger partial charge in [-0.3, -0.25) is 9.59 Å². The van der Waals surface area contributed by atoms with Crippen molar-refractivity contribution < 1.29 is 23.8 Å². The van der Waals surface area contributed by atoms with Crippen LogP contribution in [0.25, 0.3) is 10.8 Å². The summed E-state index contributed by atoms with van der Waals surface area (Å²) in [5.41, 5.74) is 5.84. The first kappa shape index (κ1) is 19.1. The summed E-state index contributed by atoms with van der Waals surface area (Å²) in [5.74, 6) is 1.70. The topological polar surface area (TPSA) is 104 Å². The molecule has 1 saturated carbocycles. The van der Waals surface area contributed by atoms with Crippen LogP contribution in [0.5, 0.6) is 11.6 Å². The summed E-state index contributed by atoms with van der Waals surface area (Å²) in [6.07, 6.45) is 3.88. The highest BCUT2D eigenvalue weighted by Crippen LogP contribution is 2.42. The molecule has 8 heteroatoms. The van der Waals surface area contributed by atoms with E-state index in [0.717, 1.165) is 36.7 Å². The number of benzene rings is 1. The van der Waals surface area contributed by atoms with Crippen LogP contribution in [0, 0.1) is 17.8 Å². The number of ether oxygens (including phenoxy) is 3. The number of amides is 2.